The van der Waals surface area contributed by atoms with Crippen LogP contribution >= 0.6 is 0 Å². The lowest BCUT2D eigenvalue weighted by atomic mass is 10.1. The van der Waals surface area contributed by atoms with Gasteiger partial charge in [-0.05, 0) is 128 Å². The third kappa shape index (κ3) is 58.6. The molecule has 414 valence electrons. The fourth-order valence-electron chi connectivity index (χ4n) is 7.98. The lowest BCUT2D eigenvalue weighted by molar-refractivity contribution is -0.167. The van der Waals surface area contributed by atoms with Crippen LogP contribution in [0.3, 0.4) is 0 Å². The molecule has 0 radical (unpaired) electrons. The highest BCUT2D eigenvalue weighted by atomic mass is 16.6. The Labute approximate surface area is 450 Å². The molecule has 1 atom stereocenters. The van der Waals surface area contributed by atoms with Crippen molar-refractivity contribution in [3.63, 3.8) is 0 Å². The minimum absolute atomic E-state index is 0.0972. The van der Waals surface area contributed by atoms with Gasteiger partial charge < -0.3 is 14.2 Å². The van der Waals surface area contributed by atoms with Crippen LogP contribution in [0.4, 0.5) is 0 Å². The normalized spacial score (nSPS) is 13.0. The topological polar surface area (TPSA) is 78.9 Å². The molecule has 0 aliphatic rings. The number of carbonyl (C=O) groups excluding carboxylic acids is 3. The average molecular weight is 1010 g/mol. The first kappa shape index (κ1) is 68.8. The lowest BCUT2D eigenvalue weighted by Crippen LogP contribution is -2.30. The van der Waals surface area contributed by atoms with Crippen molar-refractivity contribution in [2.45, 2.75) is 271 Å². The summed E-state index contributed by atoms with van der Waals surface area (Å²) in [7, 11) is 0. The van der Waals surface area contributed by atoms with Gasteiger partial charge in [0.05, 0.1) is 0 Å². The number of rotatable bonds is 53. The van der Waals surface area contributed by atoms with Gasteiger partial charge in [0.1, 0.15) is 13.2 Å². The molecule has 0 aliphatic heterocycles. The zero-order valence-corrected chi connectivity index (χ0v) is 47.4. The maximum absolute atomic E-state index is 12.9. The van der Waals surface area contributed by atoms with E-state index in [1.54, 1.807) is 0 Å². The number of unbranched alkanes of at least 4 members (excludes halogenated alkanes) is 22. The molecule has 0 amide bonds. The molecule has 0 aliphatic carbocycles. The molecule has 6 heteroatoms. The Hall–Kier alpha value is -4.19. The SMILES string of the molecule is CC/C=C\C/C=C\C/C=C\C/C=C\C/C=C\C/C=C\CCCCCCC(=O)OCC(COC(=O)CCCCCCC/C=C\CCCCCCCC)OC(=O)CCCCCCCCC/C=C\C/C=C\C/C=C\CC. The molecular formula is C67H110O6. The Morgan fingerprint density at radius 2 is 0.534 bits per heavy atom. The summed E-state index contributed by atoms with van der Waals surface area (Å²) in [6.07, 6.45) is 83.3. The molecule has 0 saturated carbocycles. The van der Waals surface area contributed by atoms with Gasteiger partial charge in [0.2, 0.25) is 0 Å². The monoisotopic (exact) mass is 1010 g/mol. The van der Waals surface area contributed by atoms with Gasteiger partial charge in [-0.1, -0.05) is 239 Å². The van der Waals surface area contributed by atoms with Crippen LogP contribution in [-0.2, 0) is 28.6 Å². The number of allylic oxidation sites excluding steroid dienone is 20. The van der Waals surface area contributed by atoms with E-state index in [0.29, 0.717) is 19.3 Å². The van der Waals surface area contributed by atoms with E-state index in [1.165, 1.54) is 83.5 Å². The van der Waals surface area contributed by atoms with Gasteiger partial charge >= 0.3 is 17.9 Å². The first-order valence-electron chi connectivity index (χ1n) is 30.0. The number of ether oxygens (including phenoxy) is 3. The van der Waals surface area contributed by atoms with Gasteiger partial charge in [0.25, 0.3) is 0 Å². The molecule has 0 aromatic carbocycles. The Kier molecular flexibility index (Phi) is 56.9. The van der Waals surface area contributed by atoms with E-state index >= 15 is 0 Å². The Bertz CT molecular complexity index is 1540. The highest BCUT2D eigenvalue weighted by Crippen LogP contribution is 2.14. The van der Waals surface area contributed by atoms with Gasteiger partial charge in [0.15, 0.2) is 6.10 Å². The lowest BCUT2D eigenvalue weighted by Gasteiger charge is -2.18. The molecular weight excluding hydrogens is 901 g/mol. The maximum Gasteiger partial charge on any atom is 0.306 e. The second kappa shape index (κ2) is 60.4. The summed E-state index contributed by atoms with van der Waals surface area (Å²) >= 11 is 0. The van der Waals surface area contributed by atoms with Crippen LogP contribution in [0.5, 0.6) is 0 Å². The second-order valence-electron chi connectivity index (χ2n) is 19.5. The zero-order valence-electron chi connectivity index (χ0n) is 47.4. The summed E-state index contributed by atoms with van der Waals surface area (Å²) in [5.74, 6) is -0.939. The van der Waals surface area contributed by atoms with Crippen molar-refractivity contribution in [3.05, 3.63) is 122 Å². The molecule has 0 spiro atoms. The van der Waals surface area contributed by atoms with Gasteiger partial charge in [-0.2, -0.15) is 0 Å². The van der Waals surface area contributed by atoms with Gasteiger partial charge in [-0.15, -0.1) is 0 Å². The van der Waals surface area contributed by atoms with Crippen LogP contribution in [0.2, 0.25) is 0 Å². The molecule has 1 unspecified atom stereocenters. The maximum atomic E-state index is 12.9. The van der Waals surface area contributed by atoms with Crippen LogP contribution < -0.4 is 0 Å². The van der Waals surface area contributed by atoms with E-state index in [2.05, 4.69) is 142 Å². The first-order valence-corrected chi connectivity index (χ1v) is 30.0. The first-order chi connectivity index (χ1) is 36.0. The standard InChI is InChI=1S/C67H110O6/c1-4-7-10-13-16-19-22-25-28-30-31-32-33-34-35-37-39-42-45-48-51-54-57-60-66(69)72-63-64(62-71-65(68)59-56-53-50-47-44-41-38-27-24-21-18-15-12-9-6-3)73-67(70)61-58-55-52-49-46-43-40-36-29-26-23-20-17-14-11-8-5-2/h7-8,10-11,16-17,19-20,25-29,31-32,34-35,38-39,42,64H,4-6,9,12-15,18,21-24,30,33,36-37,40-41,43-63H2,1-3H3/b10-7-,11-8-,19-16-,20-17-,28-25-,29-26-,32-31-,35-34-,38-27-,42-39-. The van der Waals surface area contributed by atoms with Crippen LogP contribution in [0.25, 0.3) is 0 Å². The summed E-state index contributed by atoms with van der Waals surface area (Å²) in [5, 5.41) is 0. The minimum atomic E-state index is -0.802. The van der Waals surface area contributed by atoms with E-state index < -0.39 is 6.10 Å². The number of esters is 3. The van der Waals surface area contributed by atoms with Gasteiger partial charge in [-0.3, -0.25) is 14.4 Å². The number of carbonyl (C=O) groups is 3. The van der Waals surface area contributed by atoms with Crippen LogP contribution in [-0.4, -0.2) is 37.2 Å². The van der Waals surface area contributed by atoms with E-state index in [-0.39, 0.29) is 31.1 Å². The molecule has 0 aromatic rings. The second-order valence-corrected chi connectivity index (χ2v) is 19.5. The highest BCUT2D eigenvalue weighted by Gasteiger charge is 2.19. The van der Waals surface area contributed by atoms with Crippen LogP contribution in [0, 0.1) is 0 Å². The van der Waals surface area contributed by atoms with Gasteiger partial charge in [-0.25, -0.2) is 0 Å². The fraction of sp³-hybridized carbons (Fsp3) is 0.657. The molecule has 0 heterocycles. The predicted octanol–water partition coefficient (Wildman–Crippen LogP) is 20.4. The summed E-state index contributed by atoms with van der Waals surface area (Å²) in [6.45, 7) is 6.38. The van der Waals surface area contributed by atoms with Gasteiger partial charge in [0, 0.05) is 19.3 Å². The minimum Gasteiger partial charge on any atom is -0.462 e. The summed E-state index contributed by atoms with van der Waals surface area (Å²) in [5.41, 5.74) is 0. The molecule has 0 bridgehead atoms. The summed E-state index contributed by atoms with van der Waals surface area (Å²) < 4.78 is 16.9. The van der Waals surface area contributed by atoms with Crippen molar-refractivity contribution in [1.82, 2.24) is 0 Å². The molecule has 0 fully saturated rings. The Balaban J connectivity index is 4.46. The molecule has 6 nitrogen and oxygen atoms in total. The fourth-order valence-corrected chi connectivity index (χ4v) is 7.98. The van der Waals surface area contributed by atoms with E-state index in [9.17, 15) is 14.4 Å². The molecule has 0 saturated heterocycles. The predicted molar refractivity (Wildman–Crippen MR) is 316 cm³/mol. The van der Waals surface area contributed by atoms with E-state index in [0.717, 1.165) is 141 Å². The molecule has 0 N–H and O–H groups in total. The number of hydrogen-bond acceptors (Lipinski definition) is 6. The third-order valence-corrected chi connectivity index (χ3v) is 12.4. The third-order valence-electron chi connectivity index (χ3n) is 12.4. The van der Waals surface area contributed by atoms with Crippen LogP contribution in [0.15, 0.2) is 122 Å². The van der Waals surface area contributed by atoms with Crippen molar-refractivity contribution in [2.24, 2.45) is 0 Å². The smallest absolute Gasteiger partial charge is 0.306 e. The average Bonchev–Trinajstić information content (AvgIpc) is 3.39. The summed E-state index contributed by atoms with van der Waals surface area (Å²) in [4.78, 5) is 38.2. The highest BCUT2D eigenvalue weighted by molar-refractivity contribution is 5.71. The van der Waals surface area contributed by atoms with Crippen molar-refractivity contribution < 1.29 is 28.6 Å². The molecule has 73 heavy (non-hydrogen) atoms. The van der Waals surface area contributed by atoms with Crippen molar-refractivity contribution in [1.29, 1.82) is 0 Å². The van der Waals surface area contributed by atoms with Crippen molar-refractivity contribution in [2.75, 3.05) is 13.2 Å². The molecule has 0 aromatic heterocycles. The summed E-state index contributed by atoms with van der Waals surface area (Å²) in [6, 6.07) is 0. The quantitative estimate of drug-likeness (QED) is 0.0261. The Morgan fingerprint density at radius 3 is 0.849 bits per heavy atom. The molecule has 0 rings (SSSR count). The van der Waals surface area contributed by atoms with Crippen LogP contribution in [0.1, 0.15) is 265 Å². The van der Waals surface area contributed by atoms with E-state index in [1.807, 2.05) is 0 Å². The zero-order chi connectivity index (χ0) is 52.9. The van der Waals surface area contributed by atoms with Crippen molar-refractivity contribution in [3.8, 4) is 0 Å². The Morgan fingerprint density at radius 1 is 0.288 bits per heavy atom. The number of hydrogen-bond donors (Lipinski definition) is 0. The van der Waals surface area contributed by atoms with E-state index in [4.69, 9.17) is 14.2 Å². The van der Waals surface area contributed by atoms with Crippen molar-refractivity contribution >= 4 is 17.9 Å². The largest absolute Gasteiger partial charge is 0.462 e.